The van der Waals surface area contributed by atoms with Gasteiger partial charge in [0.2, 0.25) is 0 Å². The summed E-state index contributed by atoms with van der Waals surface area (Å²) in [6.45, 7) is 3.24. The van der Waals surface area contributed by atoms with E-state index in [-0.39, 0.29) is 0 Å². The first-order chi connectivity index (χ1) is 5.93. The predicted molar refractivity (Wildman–Crippen MR) is 53.0 cm³/mol. The van der Waals surface area contributed by atoms with E-state index < -0.39 is 0 Å². The van der Waals surface area contributed by atoms with E-state index in [1.165, 1.54) is 12.8 Å². The summed E-state index contributed by atoms with van der Waals surface area (Å²) in [6.07, 6.45) is 4.26. The molecule has 0 saturated carbocycles. The largest absolute Gasteiger partial charge is 0.259 e. The maximum absolute atomic E-state index is 4.18. The fourth-order valence-corrected chi connectivity index (χ4v) is 1.44. The Labute approximate surface area is 77.9 Å². The van der Waals surface area contributed by atoms with Crippen molar-refractivity contribution in [2.45, 2.75) is 24.8 Å². The van der Waals surface area contributed by atoms with Crippen molar-refractivity contribution in [2.75, 3.05) is 6.54 Å². The Bertz CT molecular complexity index is 201. The molecule has 0 aliphatic heterocycles. The normalized spacial score (nSPS) is 10.1. The van der Waals surface area contributed by atoms with Crippen molar-refractivity contribution in [1.82, 2.24) is 9.71 Å². The fraction of sp³-hybridized carbons (Fsp3) is 0.444. The lowest BCUT2D eigenvalue weighted by Crippen LogP contribution is -2.04. The number of nitrogens with zero attached hydrogens (tertiary/aromatic N) is 1. The zero-order valence-corrected chi connectivity index (χ0v) is 8.10. The zero-order valence-electron chi connectivity index (χ0n) is 7.29. The number of pyridine rings is 1. The van der Waals surface area contributed by atoms with E-state index in [4.69, 9.17) is 0 Å². The Balaban J connectivity index is 2.16. The van der Waals surface area contributed by atoms with Crippen LogP contribution in [-0.4, -0.2) is 11.5 Å². The van der Waals surface area contributed by atoms with Gasteiger partial charge in [-0.2, -0.15) is 0 Å². The molecule has 0 fully saturated rings. The van der Waals surface area contributed by atoms with Crippen LogP contribution < -0.4 is 4.72 Å². The van der Waals surface area contributed by atoms with E-state index in [1.807, 2.05) is 24.4 Å². The molecule has 0 unspecified atom stereocenters. The van der Waals surface area contributed by atoms with Gasteiger partial charge in [-0.05, 0) is 30.5 Å². The lowest BCUT2D eigenvalue weighted by molar-refractivity contribution is 0.775. The quantitative estimate of drug-likeness (QED) is 0.559. The molecule has 0 radical (unpaired) electrons. The second-order valence-corrected chi connectivity index (χ2v) is 3.43. The van der Waals surface area contributed by atoms with Crippen molar-refractivity contribution in [2.24, 2.45) is 0 Å². The molecule has 0 bridgehead atoms. The van der Waals surface area contributed by atoms with Gasteiger partial charge in [0, 0.05) is 12.7 Å². The summed E-state index contributed by atoms with van der Waals surface area (Å²) < 4.78 is 3.26. The highest BCUT2D eigenvalue weighted by atomic mass is 32.2. The van der Waals surface area contributed by atoms with Crippen LogP contribution >= 0.6 is 11.9 Å². The van der Waals surface area contributed by atoms with Gasteiger partial charge in [0.1, 0.15) is 5.03 Å². The van der Waals surface area contributed by atoms with E-state index >= 15 is 0 Å². The third-order valence-electron chi connectivity index (χ3n) is 1.45. The molecule has 1 heterocycles. The lowest BCUT2D eigenvalue weighted by atomic mass is 10.3. The summed E-state index contributed by atoms with van der Waals surface area (Å²) in [6, 6.07) is 5.93. The molecule has 0 amide bonds. The number of unbranched alkanes of at least 4 members (excludes halogenated alkanes) is 1. The summed E-state index contributed by atoms with van der Waals surface area (Å²) in [7, 11) is 0. The Morgan fingerprint density at radius 2 is 2.42 bits per heavy atom. The molecule has 0 saturated heterocycles. The third-order valence-corrected chi connectivity index (χ3v) is 2.25. The average Bonchev–Trinajstić information content (AvgIpc) is 2.14. The third kappa shape index (κ3) is 3.74. The molecule has 2 nitrogen and oxygen atoms in total. The van der Waals surface area contributed by atoms with Gasteiger partial charge in [0.25, 0.3) is 0 Å². The van der Waals surface area contributed by atoms with E-state index in [2.05, 4.69) is 16.6 Å². The van der Waals surface area contributed by atoms with Crippen LogP contribution in [0.3, 0.4) is 0 Å². The van der Waals surface area contributed by atoms with E-state index in [0.717, 1.165) is 11.6 Å². The van der Waals surface area contributed by atoms with Crippen molar-refractivity contribution in [1.29, 1.82) is 0 Å². The first-order valence-electron chi connectivity index (χ1n) is 4.24. The highest BCUT2D eigenvalue weighted by Crippen LogP contribution is 2.08. The van der Waals surface area contributed by atoms with Gasteiger partial charge in [0.05, 0.1) is 0 Å². The maximum Gasteiger partial charge on any atom is 0.111 e. The smallest absolute Gasteiger partial charge is 0.111 e. The fourth-order valence-electron chi connectivity index (χ4n) is 0.781. The minimum atomic E-state index is 1.04. The number of hydrogen-bond acceptors (Lipinski definition) is 3. The van der Waals surface area contributed by atoms with Crippen LogP contribution in [0.15, 0.2) is 29.4 Å². The van der Waals surface area contributed by atoms with Crippen LogP contribution in [0, 0.1) is 0 Å². The van der Waals surface area contributed by atoms with Crippen LogP contribution in [0.2, 0.25) is 0 Å². The Morgan fingerprint density at radius 1 is 1.50 bits per heavy atom. The molecule has 0 aliphatic rings. The zero-order chi connectivity index (χ0) is 8.65. The van der Waals surface area contributed by atoms with Crippen molar-refractivity contribution in [3.8, 4) is 0 Å². The van der Waals surface area contributed by atoms with Gasteiger partial charge in [-0.25, -0.2) is 4.98 Å². The van der Waals surface area contributed by atoms with Crippen molar-refractivity contribution < 1.29 is 0 Å². The monoisotopic (exact) mass is 182 g/mol. The summed E-state index contributed by atoms with van der Waals surface area (Å²) in [4.78, 5) is 4.18. The first kappa shape index (κ1) is 9.55. The van der Waals surface area contributed by atoms with Crippen LogP contribution in [0.1, 0.15) is 19.8 Å². The number of nitrogens with one attached hydrogen (secondary N) is 1. The van der Waals surface area contributed by atoms with Gasteiger partial charge >= 0.3 is 0 Å². The van der Waals surface area contributed by atoms with Crippen LogP contribution in [-0.2, 0) is 0 Å². The van der Waals surface area contributed by atoms with E-state index in [0.29, 0.717) is 0 Å². The molecule has 0 atom stereocenters. The Morgan fingerprint density at radius 3 is 3.08 bits per heavy atom. The van der Waals surface area contributed by atoms with Gasteiger partial charge in [-0.15, -0.1) is 0 Å². The highest BCUT2D eigenvalue weighted by molar-refractivity contribution is 7.97. The second-order valence-electron chi connectivity index (χ2n) is 2.52. The molecule has 0 aliphatic carbocycles. The number of hydrogen-bond donors (Lipinski definition) is 1. The summed E-state index contributed by atoms with van der Waals surface area (Å²) in [5.41, 5.74) is 0. The molecule has 1 N–H and O–H groups in total. The number of rotatable bonds is 5. The SMILES string of the molecule is CCCCNSc1ccccn1. The topological polar surface area (TPSA) is 24.9 Å². The average molecular weight is 182 g/mol. The molecule has 1 rings (SSSR count). The van der Waals surface area contributed by atoms with Crippen LogP contribution in [0.5, 0.6) is 0 Å². The molecule has 1 aromatic heterocycles. The molecule has 66 valence electrons. The molecule has 0 spiro atoms. The standard InChI is InChI=1S/C9H14N2S/c1-2-3-8-11-12-9-6-4-5-7-10-9/h4-7,11H,2-3,8H2,1H3. The molecular weight excluding hydrogens is 168 g/mol. The highest BCUT2D eigenvalue weighted by Gasteiger charge is 1.91. The van der Waals surface area contributed by atoms with Crippen LogP contribution in [0.4, 0.5) is 0 Å². The van der Waals surface area contributed by atoms with Gasteiger partial charge in [-0.3, -0.25) is 4.72 Å². The lowest BCUT2D eigenvalue weighted by Gasteiger charge is -2.00. The van der Waals surface area contributed by atoms with Crippen molar-refractivity contribution in [3.63, 3.8) is 0 Å². The van der Waals surface area contributed by atoms with Gasteiger partial charge in [-0.1, -0.05) is 19.4 Å². The van der Waals surface area contributed by atoms with Crippen molar-refractivity contribution >= 4 is 11.9 Å². The van der Waals surface area contributed by atoms with E-state index in [1.54, 1.807) is 11.9 Å². The minimum Gasteiger partial charge on any atom is -0.259 e. The van der Waals surface area contributed by atoms with Crippen LogP contribution in [0.25, 0.3) is 0 Å². The van der Waals surface area contributed by atoms with Gasteiger partial charge in [0.15, 0.2) is 0 Å². The van der Waals surface area contributed by atoms with Gasteiger partial charge < -0.3 is 0 Å². The minimum absolute atomic E-state index is 1.04. The molecular formula is C9H14N2S. The summed E-state index contributed by atoms with van der Waals surface area (Å²) >= 11 is 1.60. The summed E-state index contributed by atoms with van der Waals surface area (Å²) in [5.74, 6) is 0. The molecule has 1 aromatic rings. The summed E-state index contributed by atoms with van der Waals surface area (Å²) in [5, 5.41) is 1.04. The van der Waals surface area contributed by atoms with Crippen molar-refractivity contribution in [3.05, 3.63) is 24.4 Å². The maximum atomic E-state index is 4.18. The Kier molecular flexibility index (Phi) is 4.80. The Hall–Kier alpha value is -0.540. The molecule has 12 heavy (non-hydrogen) atoms. The molecule has 0 aromatic carbocycles. The molecule has 3 heteroatoms. The second kappa shape index (κ2) is 6.03. The van der Waals surface area contributed by atoms with E-state index in [9.17, 15) is 0 Å². The number of aromatic nitrogens is 1. The predicted octanol–water partition coefficient (Wildman–Crippen LogP) is 2.48. The first-order valence-corrected chi connectivity index (χ1v) is 5.06.